The summed E-state index contributed by atoms with van der Waals surface area (Å²) in [7, 11) is 0. The van der Waals surface area contributed by atoms with Crippen LogP contribution in [-0.4, -0.2) is 21.3 Å². The number of nitrogens with two attached hydrogens (primary N) is 1. The highest BCUT2D eigenvalue weighted by Gasteiger charge is 2.12. The van der Waals surface area contributed by atoms with Crippen LogP contribution >= 0.6 is 0 Å². The first-order valence-electron chi connectivity index (χ1n) is 4.35. The molecule has 16 heavy (non-hydrogen) atoms. The lowest BCUT2D eigenvalue weighted by Gasteiger charge is -1.97. The third-order valence-corrected chi connectivity index (χ3v) is 1.79. The SMILES string of the molecule is NC(=O)Nc1nnc(-c2ccccc2O)o1. The van der Waals surface area contributed by atoms with Crippen LogP contribution in [0.25, 0.3) is 11.5 Å². The van der Waals surface area contributed by atoms with Crippen LogP contribution in [-0.2, 0) is 0 Å². The van der Waals surface area contributed by atoms with Gasteiger partial charge in [-0.2, -0.15) is 0 Å². The van der Waals surface area contributed by atoms with E-state index in [2.05, 4.69) is 15.5 Å². The molecule has 1 aromatic heterocycles. The quantitative estimate of drug-likeness (QED) is 0.696. The molecule has 0 aliphatic carbocycles. The number of nitrogens with zero attached hydrogens (tertiary/aromatic N) is 2. The van der Waals surface area contributed by atoms with E-state index in [9.17, 15) is 9.90 Å². The summed E-state index contributed by atoms with van der Waals surface area (Å²) in [4.78, 5) is 10.5. The molecule has 1 aromatic carbocycles. The molecule has 82 valence electrons. The molecule has 0 atom stereocenters. The van der Waals surface area contributed by atoms with E-state index in [0.717, 1.165) is 0 Å². The van der Waals surface area contributed by atoms with Gasteiger partial charge >= 0.3 is 12.0 Å². The Morgan fingerprint density at radius 1 is 1.38 bits per heavy atom. The Balaban J connectivity index is 2.32. The van der Waals surface area contributed by atoms with E-state index in [1.54, 1.807) is 18.2 Å². The molecule has 2 aromatic rings. The highest BCUT2D eigenvalue weighted by molar-refractivity contribution is 5.85. The second-order valence-electron chi connectivity index (χ2n) is 2.92. The summed E-state index contributed by atoms with van der Waals surface area (Å²) >= 11 is 0. The van der Waals surface area contributed by atoms with Gasteiger partial charge in [-0.25, -0.2) is 4.79 Å². The maximum absolute atomic E-state index is 10.5. The summed E-state index contributed by atoms with van der Waals surface area (Å²) in [5, 5.41) is 18.8. The zero-order valence-electron chi connectivity index (χ0n) is 8.04. The molecular formula is C9H8N4O3. The third-order valence-electron chi connectivity index (χ3n) is 1.79. The normalized spacial score (nSPS) is 10.0. The topological polar surface area (TPSA) is 114 Å². The van der Waals surface area contributed by atoms with Crippen molar-refractivity contribution in [1.82, 2.24) is 10.2 Å². The number of aromatic hydroxyl groups is 1. The van der Waals surface area contributed by atoms with Gasteiger partial charge in [0.2, 0.25) is 0 Å². The van der Waals surface area contributed by atoms with Crippen LogP contribution in [0.1, 0.15) is 0 Å². The first-order chi connectivity index (χ1) is 7.66. The monoisotopic (exact) mass is 220 g/mol. The summed E-state index contributed by atoms with van der Waals surface area (Å²) in [5.41, 5.74) is 5.26. The maximum atomic E-state index is 10.5. The fourth-order valence-electron chi connectivity index (χ4n) is 1.14. The Morgan fingerprint density at radius 3 is 2.81 bits per heavy atom. The number of aromatic nitrogens is 2. The van der Waals surface area contributed by atoms with Gasteiger partial charge in [0.25, 0.3) is 5.89 Å². The lowest BCUT2D eigenvalue weighted by molar-refractivity contribution is 0.258. The Bertz CT molecular complexity index is 523. The molecule has 4 N–H and O–H groups in total. The molecule has 1 heterocycles. The lowest BCUT2D eigenvalue weighted by atomic mass is 10.2. The zero-order chi connectivity index (χ0) is 11.5. The molecule has 7 heteroatoms. The minimum atomic E-state index is -0.799. The number of primary amides is 1. The Labute approximate surface area is 89.9 Å². The molecule has 0 aliphatic rings. The summed E-state index contributed by atoms with van der Waals surface area (Å²) in [5.74, 6) is 0.110. The van der Waals surface area contributed by atoms with Crippen LogP contribution in [0.5, 0.6) is 5.75 Å². The Hall–Kier alpha value is -2.57. The van der Waals surface area contributed by atoms with Gasteiger partial charge in [-0.05, 0) is 12.1 Å². The molecule has 2 rings (SSSR count). The number of benzene rings is 1. The average Bonchev–Trinajstić information content (AvgIpc) is 2.66. The van der Waals surface area contributed by atoms with Gasteiger partial charge in [0.1, 0.15) is 5.75 Å². The van der Waals surface area contributed by atoms with E-state index < -0.39 is 6.03 Å². The number of rotatable bonds is 2. The average molecular weight is 220 g/mol. The van der Waals surface area contributed by atoms with Crippen molar-refractivity contribution in [2.45, 2.75) is 0 Å². The first kappa shape index (κ1) is 9.97. The number of carbonyl (C=O) groups is 1. The highest BCUT2D eigenvalue weighted by atomic mass is 16.4. The number of nitrogens with one attached hydrogen (secondary N) is 1. The standard InChI is InChI=1S/C9H8N4O3/c10-8(15)11-9-13-12-7(16-9)5-3-1-2-4-6(5)14/h1-4,14H,(H3,10,11,13,15). The van der Waals surface area contributed by atoms with Crippen LogP contribution in [0.15, 0.2) is 28.7 Å². The fraction of sp³-hybridized carbons (Fsp3) is 0. The zero-order valence-corrected chi connectivity index (χ0v) is 8.04. The summed E-state index contributed by atoms with van der Waals surface area (Å²) in [6.07, 6.45) is 0. The van der Waals surface area contributed by atoms with Crippen molar-refractivity contribution >= 4 is 12.0 Å². The molecule has 0 unspecified atom stereocenters. The molecular weight excluding hydrogens is 212 g/mol. The van der Waals surface area contributed by atoms with E-state index in [0.29, 0.717) is 5.56 Å². The van der Waals surface area contributed by atoms with Gasteiger partial charge in [0.05, 0.1) is 5.56 Å². The smallest absolute Gasteiger partial charge is 0.324 e. The second kappa shape index (κ2) is 3.89. The molecule has 0 bridgehead atoms. The van der Waals surface area contributed by atoms with Crippen LogP contribution in [0.4, 0.5) is 10.8 Å². The number of amides is 2. The summed E-state index contributed by atoms with van der Waals surface area (Å²) in [6, 6.07) is 5.55. The van der Waals surface area contributed by atoms with Gasteiger partial charge in [0, 0.05) is 0 Å². The van der Waals surface area contributed by atoms with E-state index in [4.69, 9.17) is 10.2 Å². The second-order valence-corrected chi connectivity index (χ2v) is 2.92. The largest absolute Gasteiger partial charge is 0.507 e. The van der Waals surface area contributed by atoms with Gasteiger partial charge in [-0.3, -0.25) is 5.32 Å². The van der Waals surface area contributed by atoms with Gasteiger partial charge < -0.3 is 15.3 Å². The van der Waals surface area contributed by atoms with Crippen molar-refractivity contribution in [2.75, 3.05) is 5.32 Å². The molecule has 0 spiro atoms. The van der Waals surface area contributed by atoms with Crippen LogP contribution in [0.2, 0.25) is 0 Å². The predicted octanol–water partition coefficient (Wildman–Crippen LogP) is 0.933. The molecule has 0 saturated carbocycles. The number of hydrogen-bond acceptors (Lipinski definition) is 5. The Kier molecular flexibility index (Phi) is 2.42. The third kappa shape index (κ3) is 1.92. The van der Waals surface area contributed by atoms with Gasteiger partial charge in [-0.1, -0.05) is 17.2 Å². The maximum Gasteiger partial charge on any atom is 0.324 e. The summed E-state index contributed by atoms with van der Waals surface area (Å²) in [6.45, 7) is 0. The van der Waals surface area contributed by atoms with Gasteiger partial charge in [0.15, 0.2) is 0 Å². The number of hydrogen-bond donors (Lipinski definition) is 3. The number of urea groups is 1. The van der Waals surface area contributed by atoms with Crippen molar-refractivity contribution in [1.29, 1.82) is 0 Å². The lowest BCUT2D eigenvalue weighted by Crippen LogP contribution is -2.19. The van der Waals surface area contributed by atoms with Crippen LogP contribution in [0.3, 0.4) is 0 Å². The molecule has 0 radical (unpaired) electrons. The number of para-hydroxylation sites is 1. The van der Waals surface area contributed by atoms with Crippen LogP contribution < -0.4 is 11.1 Å². The van der Waals surface area contributed by atoms with Crippen LogP contribution in [0, 0.1) is 0 Å². The minimum absolute atomic E-state index is 0.0109. The van der Waals surface area contributed by atoms with Crippen molar-refractivity contribution in [3.8, 4) is 17.2 Å². The minimum Gasteiger partial charge on any atom is -0.507 e. The predicted molar refractivity (Wildman–Crippen MR) is 54.6 cm³/mol. The fourth-order valence-corrected chi connectivity index (χ4v) is 1.14. The number of phenols is 1. The van der Waals surface area contributed by atoms with E-state index in [1.165, 1.54) is 6.07 Å². The van der Waals surface area contributed by atoms with E-state index in [1.807, 2.05) is 0 Å². The molecule has 0 aliphatic heterocycles. The molecule has 2 amide bonds. The van der Waals surface area contributed by atoms with Crippen molar-refractivity contribution in [3.63, 3.8) is 0 Å². The van der Waals surface area contributed by atoms with E-state index in [-0.39, 0.29) is 17.7 Å². The molecule has 0 saturated heterocycles. The number of carbonyl (C=O) groups excluding carboxylic acids is 1. The highest BCUT2D eigenvalue weighted by Crippen LogP contribution is 2.27. The van der Waals surface area contributed by atoms with Gasteiger partial charge in [-0.15, -0.1) is 5.10 Å². The van der Waals surface area contributed by atoms with Crippen molar-refractivity contribution in [3.05, 3.63) is 24.3 Å². The molecule has 0 fully saturated rings. The first-order valence-corrected chi connectivity index (χ1v) is 4.35. The number of anilines is 1. The van der Waals surface area contributed by atoms with Crippen molar-refractivity contribution in [2.24, 2.45) is 5.73 Å². The summed E-state index contributed by atoms with van der Waals surface area (Å²) < 4.78 is 5.07. The molecule has 7 nitrogen and oxygen atoms in total. The Morgan fingerprint density at radius 2 is 2.12 bits per heavy atom. The van der Waals surface area contributed by atoms with E-state index >= 15 is 0 Å². The number of phenolic OH excluding ortho intramolecular Hbond substituents is 1. The van der Waals surface area contributed by atoms with Crippen molar-refractivity contribution < 1.29 is 14.3 Å².